The predicted molar refractivity (Wildman–Crippen MR) is 115 cm³/mol. The molecule has 4 aliphatic carbocycles. The van der Waals surface area contributed by atoms with Gasteiger partial charge in [0, 0.05) is 23.9 Å². The zero-order chi connectivity index (χ0) is 20.3. The molecule has 0 heterocycles. The smallest absolute Gasteiger partial charge is 0.184 e. The van der Waals surface area contributed by atoms with Crippen LogP contribution in [-0.2, 0) is 14.1 Å². The molecule has 0 aliphatic heterocycles. The van der Waals surface area contributed by atoms with Crippen LogP contribution in [0, 0.1) is 28.6 Å². The van der Waals surface area contributed by atoms with Crippen LogP contribution in [0.3, 0.4) is 0 Å². The van der Waals surface area contributed by atoms with Crippen LogP contribution in [0.1, 0.15) is 58.8 Å². The summed E-state index contributed by atoms with van der Waals surface area (Å²) in [7, 11) is 0.0839. The van der Waals surface area contributed by atoms with Crippen LogP contribution in [0.25, 0.3) is 0 Å². The Hall–Kier alpha value is -0.943. The molecule has 156 valence electrons. The van der Waals surface area contributed by atoms with Crippen LogP contribution >= 0.6 is 0 Å². The summed E-state index contributed by atoms with van der Waals surface area (Å²) in [6, 6.07) is 0. The first-order chi connectivity index (χ1) is 13.1. The van der Waals surface area contributed by atoms with Crippen LogP contribution in [0.15, 0.2) is 16.8 Å². The summed E-state index contributed by atoms with van der Waals surface area (Å²) >= 11 is 0. The fourth-order valence-electron chi connectivity index (χ4n) is 7.11. The summed E-state index contributed by atoms with van der Waals surface area (Å²) in [5.41, 5.74) is 2.54. The van der Waals surface area contributed by atoms with Crippen LogP contribution < -0.4 is 0 Å². The van der Waals surface area contributed by atoms with Gasteiger partial charge in [-0.3, -0.25) is 4.79 Å². The van der Waals surface area contributed by atoms with Gasteiger partial charge in [-0.25, -0.2) is 0 Å². The molecule has 0 aromatic rings. The van der Waals surface area contributed by atoms with E-state index in [0.29, 0.717) is 30.1 Å². The highest BCUT2D eigenvalue weighted by molar-refractivity contribution is 6.69. The molecule has 5 heteroatoms. The first kappa shape index (κ1) is 20.3. The van der Waals surface area contributed by atoms with Gasteiger partial charge < -0.3 is 9.26 Å². The Bertz CT molecular complexity index is 724. The molecular formula is C23H37NO3Si. The number of carbonyl (C=O) groups excluding carboxylic acids is 1. The lowest BCUT2D eigenvalue weighted by molar-refractivity contribution is -0.140. The van der Waals surface area contributed by atoms with E-state index in [1.165, 1.54) is 5.57 Å². The maximum Gasteiger partial charge on any atom is 0.184 e. The molecule has 0 N–H and O–H groups in total. The van der Waals surface area contributed by atoms with Crippen molar-refractivity contribution in [3.05, 3.63) is 11.6 Å². The molecule has 28 heavy (non-hydrogen) atoms. The van der Waals surface area contributed by atoms with Crippen LogP contribution in [-0.4, -0.2) is 33.0 Å². The van der Waals surface area contributed by atoms with E-state index in [2.05, 4.69) is 44.7 Å². The first-order valence-corrected chi connectivity index (χ1v) is 14.5. The highest BCUT2D eigenvalue weighted by Gasteiger charge is 2.61. The fourth-order valence-corrected chi connectivity index (χ4v) is 8.32. The maximum absolute atomic E-state index is 13.5. The molecule has 0 radical (unpaired) electrons. The molecule has 0 aromatic heterocycles. The second kappa shape index (κ2) is 6.80. The quantitative estimate of drug-likeness (QED) is 0.362. The summed E-state index contributed by atoms with van der Waals surface area (Å²) in [6.45, 7) is 11.5. The van der Waals surface area contributed by atoms with Crippen molar-refractivity contribution in [3.63, 3.8) is 0 Å². The van der Waals surface area contributed by atoms with Crippen molar-refractivity contribution in [2.24, 2.45) is 33.7 Å². The van der Waals surface area contributed by atoms with E-state index in [1.807, 2.05) is 0 Å². The predicted octanol–water partition coefficient (Wildman–Crippen LogP) is 5.35. The van der Waals surface area contributed by atoms with Crippen LogP contribution in [0.2, 0.25) is 19.6 Å². The number of ketones is 1. The molecule has 3 fully saturated rings. The largest absolute Gasteiger partial charge is 0.414 e. The monoisotopic (exact) mass is 403 g/mol. The van der Waals surface area contributed by atoms with Crippen molar-refractivity contribution >= 4 is 19.8 Å². The number of nitrogens with zero attached hydrogens (tertiary/aromatic N) is 1. The van der Waals surface area contributed by atoms with Crippen molar-refractivity contribution in [1.29, 1.82) is 0 Å². The van der Waals surface area contributed by atoms with Gasteiger partial charge in [0.2, 0.25) is 0 Å². The fraction of sp³-hybridized carbons (Fsp3) is 0.826. The summed E-state index contributed by atoms with van der Waals surface area (Å²) in [5.74, 6) is 1.65. The summed E-state index contributed by atoms with van der Waals surface area (Å²) in [6.07, 6.45) is 9.84. The summed E-state index contributed by atoms with van der Waals surface area (Å²) < 4.78 is 6.45. The Morgan fingerprint density at radius 2 is 1.93 bits per heavy atom. The standard InChI is InChI=1S/C23H37NO3Si/c1-22-12-11-16(27-28(4,5)6)13-15(22)7-8-17-18-9-10-20(24-26-3)23(18,2)14-19(25)21(17)22/h7,16-18,21H,8-14H2,1-6H3/b24-20+/t16-,17?,18?,21?,22-,23-/m0/s1. The number of Topliss-reactive ketones (excluding diaryl/α,β-unsaturated/α-hetero) is 1. The van der Waals surface area contributed by atoms with Crippen LogP contribution in [0.5, 0.6) is 0 Å². The minimum atomic E-state index is -1.54. The Kier molecular flexibility index (Phi) is 4.94. The topological polar surface area (TPSA) is 47.9 Å². The Labute approximate surface area is 171 Å². The van der Waals surface area contributed by atoms with Crippen molar-refractivity contribution in [2.75, 3.05) is 7.11 Å². The van der Waals surface area contributed by atoms with Gasteiger partial charge in [0.1, 0.15) is 12.9 Å². The SMILES string of the molecule is CO/N=C1\CCC2C3CC=C4C[C@@H](O[Si](C)(C)C)CC[C@]4(C)C3C(=O)C[C@]12C. The minimum absolute atomic E-state index is 0.0295. The van der Waals surface area contributed by atoms with E-state index in [0.717, 1.165) is 44.2 Å². The summed E-state index contributed by atoms with van der Waals surface area (Å²) in [5, 5.41) is 4.33. The van der Waals surface area contributed by atoms with Crippen molar-refractivity contribution in [2.45, 2.75) is 84.5 Å². The Morgan fingerprint density at radius 1 is 1.18 bits per heavy atom. The lowest BCUT2D eigenvalue weighted by Crippen LogP contribution is -2.55. The van der Waals surface area contributed by atoms with E-state index in [9.17, 15) is 4.79 Å². The molecule has 0 saturated heterocycles. The van der Waals surface area contributed by atoms with E-state index in [-0.39, 0.29) is 16.7 Å². The van der Waals surface area contributed by atoms with Crippen molar-refractivity contribution < 1.29 is 14.1 Å². The number of allylic oxidation sites excluding steroid dienone is 1. The van der Waals surface area contributed by atoms with Crippen LogP contribution in [0.4, 0.5) is 0 Å². The average molecular weight is 404 g/mol. The van der Waals surface area contributed by atoms with Crippen molar-refractivity contribution in [3.8, 4) is 0 Å². The summed E-state index contributed by atoms with van der Waals surface area (Å²) in [4.78, 5) is 18.7. The van der Waals surface area contributed by atoms with Crippen molar-refractivity contribution in [1.82, 2.24) is 0 Å². The van der Waals surface area contributed by atoms with Gasteiger partial charge in [0.25, 0.3) is 0 Å². The average Bonchev–Trinajstić information content (AvgIpc) is 2.90. The van der Waals surface area contributed by atoms with Gasteiger partial charge in [-0.05, 0) is 75.4 Å². The van der Waals surface area contributed by atoms with E-state index in [4.69, 9.17) is 9.26 Å². The van der Waals surface area contributed by atoms with Gasteiger partial charge in [-0.2, -0.15) is 0 Å². The maximum atomic E-state index is 13.5. The number of hydrogen-bond acceptors (Lipinski definition) is 4. The molecule has 3 unspecified atom stereocenters. The first-order valence-electron chi connectivity index (χ1n) is 11.1. The second-order valence-corrected chi connectivity index (χ2v) is 15.5. The normalized spacial score (nSPS) is 44.6. The molecule has 4 rings (SSSR count). The third-order valence-corrected chi connectivity index (χ3v) is 9.25. The number of rotatable bonds is 3. The lowest BCUT2D eigenvalue weighted by Gasteiger charge is -2.56. The zero-order valence-electron chi connectivity index (χ0n) is 18.5. The van der Waals surface area contributed by atoms with E-state index < -0.39 is 8.32 Å². The molecule has 0 bridgehead atoms. The highest BCUT2D eigenvalue weighted by Crippen LogP contribution is 2.63. The molecule has 4 aliphatic rings. The third kappa shape index (κ3) is 3.13. The molecular weight excluding hydrogens is 366 g/mol. The van der Waals surface area contributed by atoms with E-state index in [1.54, 1.807) is 7.11 Å². The van der Waals surface area contributed by atoms with Gasteiger partial charge in [0.15, 0.2) is 8.32 Å². The molecule has 6 atom stereocenters. The molecule has 3 saturated carbocycles. The highest BCUT2D eigenvalue weighted by atomic mass is 28.4. The number of carbonyl (C=O) groups is 1. The molecule has 0 spiro atoms. The Morgan fingerprint density at radius 3 is 2.61 bits per heavy atom. The number of oxime groups is 1. The van der Waals surface area contributed by atoms with Gasteiger partial charge in [-0.15, -0.1) is 0 Å². The molecule has 0 aromatic carbocycles. The molecule has 4 nitrogen and oxygen atoms in total. The van der Waals surface area contributed by atoms with Gasteiger partial charge >= 0.3 is 0 Å². The third-order valence-electron chi connectivity index (χ3n) is 8.21. The molecule has 0 amide bonds. The minimum Gasteiger partial charge on any atom is -0.414 e. The second-order valence-electron chi connectivity index (χ2n) is 11.0. The Balaban J connectivity index is 1.62. The van der Waals surface area contributed by atoms with E-state index >= 15 is 0 Å². The van der Waals surface area contributed by atoms with Gasteiger partial charge in [-0.1, -0.05) is 30.7 Å². The number of hydrogen-bond donors (Lipinski definition) is 0. The van der Waals surface area contributed by atoms with Gasteiger partial charge in [0.05, 0.1) is 5.71 Å². The zero-order valence-corrected chi connectivity index (χ0v) is 19.5. The lowest BCUT2D eigenvalue weighted by atomic mass is 9.47. The number of fused-ring (bicyclic) bond motifs is 5.